The van der Waals surface area contributed by atoms with Crippen LogP contribution in [0.1, 0.15) is 11.6 Å². The van der Waals surface area contributed by atoms with Gasteiger partial charge < -0.3 is 5.11 Å². The number of hydrogen-bond donors (Lipinski definition) is 2. The van der Waals surface area contributed by atoms with Crippen LogP contribution in [0.5, 0.6) is 0 Å². The molecule has 0 radical (unpaired) electrons. The van der Waals surface area contributed by atoms with Crippen LogP contribution in [0.2, 0.25) is 5.02 Å². The molecule has 0 aliphatic heterocycles. The quantitative estimate of drug-likeness (QED) is 0.764. The Labute approximate surface area is 93.1 Å². The van der Waals surface area contributed by atoms with E-state index in [4.69, 9.17) is 23.1 Å². The van der Waals surface area contributed by atoms with Gasteiger partial charge in [-0.15, -0.1) is 6.42 Å². The van der Waals surface area contributed by atoms with E-state index >= 15 is 0 Å². The van der Waals surface area contributed by atoms with Gasteiger partial charge in [0.15, 0.2) is 0 Å². The molecular weight excluding hydrogens is 214 g/mol. The molecule has 0 aromatic heterocycles. The Balaban J connectivity index is 2.85. The highest BCUT2D eigenvalue weighted by Gasteiger charge is 2.17. The van der Waals surface area contributed by atoms with Crippen LogP contribution >= 0.6 is 11.6 Å². The van der Waals surface area contributed by atoms with E-state index in [1.165, 1.54) is 0 Å². The van der Waals surface area contributed by atoms with Gasteiger partial charge in [-0.05, 0) is 17.7 Å². The van der Waals surface area contributed by atoms with Crippen molar-refractivity contribution >= 4 is 17.6 Å². The maximum absolute atomic E-state index is 10.9. The SMILES string of the molecule is C#CCNC(C(=O)O)c1ccc(Cl)cc1. The molecule has 2 N–H and O–H groups in total. The maximum Gasteiger partial charge on any atom is 0.325 e. The second-order valence-electron chi connectivity index (χ2n) is 2.91. The molecular formula is C11H10ClNO2. The van der Waals surface area contributed by atoms with E-state index in [1.54, 1.807) is 24.3 Å². The molecule has 0 amide bonds. The van der Waals surface area contributed by atoms with Crippen LogP contribution in [-0.2, 0) is 4.79 Å². The first kappa shape index (κ1) is 11.6. The van der Waals surface area contributed by atoms with Crippen LogP contribution in [0, 0.1) is 12.3 Å². The number of carboxylic acid groups (broad SMARTS) is 1. The average Bonchev–Trinajstić information content (AvgIpc) is 2.21. The molecule has 78 valence electrons. The van der Waals surface area contributed by atoms with Gasteiger partial charge in [-0.25, -0.2) is 0 Å². The number of terminal acetylenes is 1. The summed E-state index contributed by atoms with van der Waals surface area (Å²) in [5.74, 6) is 1.37. The zero-order valence-electron chi connectivity index (χ0n) is 7.90. The van der Waals surface area contributed by atoms with Crippen molar-refractivity contribution in [3.8, 4) is 12.3 Å². The number of nitrogens with one attached hydrogen (secondary N) is 1. The van der Waals surface area contributed by atoms with E-state index in [2.05, 4.69) is 11.2 Å². The second kappa shape index (κ2) is 5.40. The summed E-state index contributed by atoms with van der Waals surface area (Å²) < 4.78 is 0. The van der Waals surface area contributed by atoms with Crippen molar-refractivity contribution in [3.05, 3.63) is 34.9 Å². The predicted molar refractivity (Wildman–Crippen MR) is 58.7 cm³/mol. The van der Waals surface area contributed by atoms with E-state index in [-0.39, 0.29) is 6.54 Å². The molecule has 0 heterocycles. The lowest BCUT2D eigenvalue weighted by Crippen LogP contribution is -2.28. The predicted octanol–water partition coefficient (Wildman–Crippen LogP) is 1.69. The third-order valence-corrected chi connectivity index (χ3v) is 2.11. The third-order valence-electron chi connectivity index (χ3n) is 1.86. The van der Waals surface area contributed by atoms with E-state index in [9.17, 15) is 4.79 Å². The fraction of sp³-hybridized carbons (Fsp3) is 0.182. The van der Waals surface area contributed by atoms with E-state index in [0.717, 1.165) is 0 Å². The highest BCUT2D eigenvalue weighted by molar-refractivity contribution is 6.30. The normalized spacial score (nSPS) is 11.7. The van der Waals surface area contributed by atoms with Crippen LogP contribution < -0.4 is 5.32 Å². The molecule has 15 heavy (non-hydrogen) atoms. The molecule has 3 nitrogen and oxygen atoms in total. The van der Waals surface area contributed by atoms with Crippen molar-refractivity contribution in [2.75, 3.05) is 6.54 Å². The van der Waals surface area contributed by atoms with Gasteiger partial charge in [-0.2, -0.15) is 0 Å². The van der Waals surface area contributed by atoms with Crippen LogP contribution in [0.15, 0.2) is 24.3 Å². The molecule has 0 fully saturated rings. The van der Waals surface area contributed by atoms with E-state index in [1.807, 2.05) is 0 Å². The van der Waals surface area contributed by atoms with Gasteiger partial charge in [-0.1, -0.05) is 29.7 Å². The molecule has 0 bridgehead atoms. The van der Waals surface area contributed by atoms with Gasteiger partial charge in [0.1, 0.15) is 6.04 Å². The van der Waals surface area contributed by atoms with Crippen LogP contribution in [0.3, 0.4) is 0 Å². The Bertz CT molecular complexity index is 381. The molecule has 0 saturated heterocycles. The largest absolute Gasteiger partial charge is 0.480 e. The van der Waals surface area contributed by atoms with Crippen molar-refractivity contribution in [2.45, 2.75) is 6.04 Å². The number of halogens is 1. The topological polar surface area (TPSA) is 49.3 Å². The third kappa shape index (κ3) is 3.28. The second-order valence-corrected chi connectivity index (χ2v) is 3.34. The van der Waals surface area contributed by atoms with Crippen molar-refractivity contribution in [3.63, 3.8) is 0 Å². The summed E-state index contributed by atoms with van der Waals surface area (Å²) in [6, 6.07) is 5.81. The minimum atomic E-state index is -0.965. The number of hydrogen-bond acceptors (Lipinski definition) is 2. The first-order valence-electron chi connectivity index (χ1n) is 4.30. The molecule has 1 unspecified atom stereocenters. The Morgan fingerprint density at radius 2 is 2.13 bits per heavy atom. The Kier molecular flexibility index (Phi) is 4.17. The summed E-state index contributed by atoms with van der Waals surface area (Å²) in [6.07, 6.45) is 5.05. The molecule has 4 heteroatoms. The van der Waals surface area contributed by atoms with Crippen molar-refractivity contribution < 1.29 is 9.90 Å². The standard InChI is InChI=1S/C11H10ClNO2/c1-2-7-13-10(11(14)15)8-3-5-9(12)6-4-8/h1,3-6,10,13H,7H2,(H,14,15). The molecule has 0 spiro atoms. The maximum atomic E-state index is 10.9. The molecule has 1 aromatic rings. The van der Waals surface area contributed by atoms with E-state index < -0.39 is 12.0 Å². The summed E-state index contributed by atoms with van der Waals surface area (Å²) in [7, 11) is 0. The van der Waals surface area contributed by atoms with Crippen molar-refractivity contribution in [1.82, 2.24) is 5.32 Å². The van der Waals surface area contributed by atoms with E-state index in [0.29, 0.717) is 10.6 Å². The summed E-state index contributed by atoms with van der Waals surface area (Å²) in [5, 5.41) is 12.3. The Morgan fingerprint density at radius 3 is 2.60 bits per heavy atom. The molecule has 1 aromatic carbocycles. The fourth-order valence-electron chi connectivity index (χ4n) is 1.16. The van der Waals surface area contributed by atoms with Crippen molar-refractivity contribution in [2.24, 2.45) is 0 Å². The van der Waals surface area contributed by atoms with Gasteiger partial charge in [0, 0.05) is 5.02 Å². The highest BCUT2D eigenvalue weighted by atomic mass is 35.5. The first-order valence-corrected chi connectivity index (χ1v) is 4.68. The molecule has 0 saturated carbocycles. The Morgan fingerprint density at radius 1 is 1.53 bits per heavy atom. The lowest BCUT2D eigenvalue weighted by atomic mass is 10.1. The lowest BCUT2D eigenvalue weighted by molar-refractivity contribution is -0.139. The lowest BCUT2D eigenvalue weighted by Gasteiger charge is -2.12. The summed E-state index contributed by atoms with van der Waals surface area (Å²) >= 11 is 5.70. The van der Waals surface area contributed by atoms with Gasteiger partial charge in [-0.3, -0.25) is 10.1 Å². The number of rotatable bonds is 4. The number of carboxylic acids is 1. The van der Waals surface area contributed by atoms with Gasteiger partial charge >= 0.3 is 5.97 Å². The van der Waals surface area contributed by atoms with Crippen LogP contribution in [0.25, 0.3) is 0 Å². The van der Waals surface area contributed by atoms with Crippen LogP contribution in [-0.4, -0.2) is 17.6 Å². The average molecular weight is 224 g/mol. The number of carbonyl (C=O) groups is 1. The summed E-state index contributed by atoms with van der Waals surface area (Å²) in [5.41, 5.74) is 0.627. The summed E-state index contributed by atoms with van der Waals surface area (Å²) in [4.78, 5) is 10.9. The Hall–Kier alpha value is -1.50. The van der Waals surface area contributed by atoms with Gasteiger partial charge in [0.05, 0.1) is 6.54 Å². The zero-order chi connectivity index (χ0) is 11.3. The molecule has 1 atom stereocenters. The monoisotopic (exact) mass is 223 g/mol. The zero-order valence-corrected chi connectivity index (χ0v) is 8.66. The summed E-state index contributed by atoms with van der Waals surface area (Å²) in [6.45, 7) is 0.208. The first-order chi connectivity index (χ1) is 7.15. The number of aliphatic carboxylic acids is 1. The smallest absolute Gasteiger partial charge is 0.325 e. The van der Waals surface area contributed by atoms with Crippen molar-refractivity contribution in [1.29, 1.82) is 0 Å². The minimum Gasteiger partial charge on any atom is -0.480 e. The van der Waals surface area contributed by atoms with Gasteiger partial charge in [0.2, 0.25) is 0 Å². The fourth-order valence-corrected chi connectivity index (χ4v) is 1.29. The number of benzene rings is 1. The minimum absolute atomic E-state index is 0.208. The molecule has 1 rings (SSSR count). The molecule has 0 aliphatic rings. The molecule has 0 aliphatic carbocycles. The van der Waals surface area contributed by atoms with Crippen LogP contribution in [0.4, 0.5) is 0 Å². The highest BCUT2D eigenvalue weighted by Crippen LogP contribution is 2.16. The van der Waals surface area contributed by atoms with Gasteiger partial charge in [0.25, 0.3) is 0 Å².